The van der Waals surface area contributed by atoms with Crippen LogP contribution in [0.15, 0.2) is 53.4 Å². The summed E-state index contributed by atoms with van der Waals surface area (Å²) in [6, 6.07) is 14.8. The second-order valence-electron chi connectivity index (χ2n) is 8.04. The maximum atomic E-state index is 12.9. The number of hydrogen-bond acceptors (Lipinski definition) is 4. The lowest BCUT2D eigenvalue weighted by Crippen LogP contribution is -2.31. The van der Waals surface area contributed by atoms with Crippen LogP contribution in [0.4, 0.5) is 5.69 Å². The van der Waals surface area contributed by atoms with Crippen molar-refractivity contribution in [2.75, 3.05) is 31.5 Å². The molecular weight excluding hydrogens is 426 g/mol. The van der Waals surface area contributed by atoms with Gasteiger partial charge in [0.1, 0.15) is 0 Å². The largest absolute Gasteiger partial charge is 0.342 e. The van der Waals surface area contributed by atoms with Gasteiger partial charge >= 0.3 is 0 Å². The van der Waals surface area contributed by atoms with E-state index < -0.39 is 15.9 Å². The van der Waals surface area contributed by atoms with Gasteiger partial charge in [0.05, 0.1) is 10.8 Å². The van der Waals surface area contributed by atoms with Gasteiger partial charge < -0.3 is 10.2 Å². The minimum atomic E-state index is -3.64. The average molecular weight is 458 g/mol. The first kappa shape index (κ1) is 23.9. The summed E-state index contributed by atoms with van der Waals surface area (Å²) in [5, 5.41) is 2.81. The molecule has 2 amide bonds. The number of nitrogens with zero attached hydrogens (tertiary/aromatic N) is 2. The Morgan fingerprint density at radius 3 is 2.47 bits per heavy atom. The molecule has 7 nitrogen and oxygen atoms in total. The standard InChI is InChI=1S/C24H31N3O4S/c1-4-27(5-2)32(30,31)22-16-21(12-11-18(22)3)25-24(29)20-15-23(28)26(17-20)14-13-19-9-7-6-8-10-19/h6-12,16,20H,4-5,13-15,17H2,1-3H3,(H,25,29)/t20-/m1/s1. The van der Waals surface area contributed by atoms with E-state index in [1.165, 1.54) is 10.4 Å². The number of hydrogen-bond donors (Lipinski definition) is 1. The molecule has 0 spiro atoms. The van der Waals surface area contributed by atoms with E-state index in [4.69, 9.17) is 0 Å². The minimum Gasteiger partial charge on any atom is -0.342 e. The van der Waals surface area contributed by atoms with Crippen molar-refractivity contribution in [1.82, 2.24) is 9.21 Å². The van der Waals surface area contributed by atoms with Gasteiger partial charge in [-0.05, 0) is 36.6 Å². The zero-order valence-corrected chi connectivity index (χ0v) is 19.7. The lowest BCUT2D eigenvalue weighted by Gasteiger charge is -2.20. The normalized spacial score (nSPS) is 16.6. The van der Waals surface area contributed by atoms with Crippen molar-refractivity contribution in [1.29, 1.82) is 0 Å². The third-order valence-corrected chi connectivity index (χ3v) is 8.07. The number of nitrogens with one attached hydrogen (secondary N) is 1. The fourth-order valence-corrected chi connectivity index (χ4v) is 5.68. The fraction of sp³-hybridized carbons (Fsp3) is 0.417. The second-order valence-corrected chi connectivity index (χ2v) is 9.94. The van der Waals surface area contributed by atoms with Gasteiger partial charge in [0, 0.05) is 38.3 Å². The van der Waals surface area contributed by atoms with Crippen LogP contribution in [0.1, 0.15) is 31.4 Å². The van der Waals surface area contributed by atoms with Gasteiger partial charge in [-0.25, -0.2) is 8.42 Å². The molecule has 32 heavy (non-hydrogen) atoms. The Kier molecular flexibility index (Phi) is 7.69. The van der Waals surface area contributed by atoms with Crippen LogP contribution < -0.4 is 5.32 Å². The third-order valence-electron chi connectivity index (χ3n) is 5.88. The van der Waals surface area contributed by atoms with Gasteiger partial charge in [0.25, 0.3) is 0 Å². The zero-order valence-electron chi connectivity index (χ0n) is 18.9. The monoisotopic (exact) mass is 457 g/mol. The molecule has 0 aliphatic carbocycles. The molecule has 0 saturated carbocycles. The highest BCUT2D eigenvalue weighted by Gasteiger charge is 2.34. The molecule has 0 radical (unpaired) electrons. The highest BCUT2D eigenvalue weighted by atomic mass is 32.2. The first-order valence-corrected chi connectivity index (χ1v) is 12.4. The molecule has 1 aliphatic heterocycles. The molecule has 1 fully saturated rings. The Morgan fingerprint density at radius 2 is 1.81 bits per heavy atom. The molecule has 0 unspecified atom stereocenters. The smallest absolute Gasteiger partial charge is 0.243 e. The number of aryl methyl sites for hydroxylation is 1. The van der Waals surface area contributed by atoms with Gasteiger partial charge in [0.2, 0.25) is 21.8 Å². The van der Waals surface area contributed by atoms with Crippen molar-refractivity contribution in [2.24, 2.45) is 5.92 Å². The molecule has 1 N–H and O–H groups in total. The summed E-state index contributed by atoms with van der Waals surface area (Å²) in [5.41, 5.74) is 2.19. The third kappa shape index (κ3) is 5.37. The SMILES string of the molecule is CCN(CC)S(=O)(=O)c1cc(NC(=O)[C@@H]2CC(=O)N(CCc3ccccc3)C2)ccc1C. The summed E-state index contributed by atoms with van der Waals surface area (Å²) in [6.45, 7) is 7.01. The molecule has 2 aromatic rings. The second kappa shape index (κ2) is 10.3. The van der Waals surface area contributed by atoms with Crippen LogP contribution in [0, 0.1) is 12.8 Å². The van der Waals surface area contributed by atoms with E-state index >= 15 is 0 Å². The quantitative estimate of drug-likeness (QED) is 0.627. The van der Waals surface area contributed by atoms with E-state index in [2.05, 4.69) is 5.32 Å². The maximum absolute atomic E-state index is 12.9. The van der Waals surface area contributed by atoms with Crippen LogP contribution in [0.5, 0.6) is 0 Å². The summed E-state index contributed by atoms with van der Waals surface area (Å²) in [7, 11) is -3.64. The van der Waals surface area contributed by atoms with Crippen molar-refractivity contribution in [3.8, 4) is 0 Å². The van der Waals surface area contributed by atoms with Gasteiger partial charge in [0.15, 0.2) is 0 Å². The summed E-state index contributed by atoms with van der Waals surface area (Å²) < 4.78 is 27.3. The Morgan fingerprint density at radius 1 is 1.12 bits per heavy atom. The summed E-state index contributed by atoms with van der Waals surface area (Å²) in [5.74, 6) is -0.757. The van der Waals surface area contributed by atoms with Crippen molar-refractivity contribution in [2.45, 2.75) is 38.5 Å². The van der Waals surface area contributed by atoms with Crippen LogP contribution in [0.25, 0.3) is 0 Å². The van der Waals surface area contributed by atoms with Crippen molar-refractivity contribution < 1.29 is 18.0 Å². The molecule has 2 aromatic carbocycles. The molecule has 3 rings (SSSR count). The first-order chi connectivity index (χ1) is 15.3. The summed E-state index contributed by atoms with van der Waals surface area (Å²) >= 11 is 0. The Bertz CT molecular complexity index is 1070. The van der Waals surface area contributed by atoms with E-state index in [0.29, 0.717) is 37.4 Å². The van der Waals surface area contributed by atoms with Gasteiger partial charge in [-0.1, -0.05) is 50.2 Å². The molecular formula is C24H31N3O4S. The Balaban J connectivity index is 1.66. The Hall–Kier alpha value is -2.71. The number of carbonyl (C=O) groups is 2. The van der Waals surface area contributed by atoms with E-state index in [9.17, 15) is 18.0 Å². The number of likely N-dealkylation sites (tertiary alicyclic amines) is 1. The topological polar surface area (TPSA) is 86.8 Å². The number of carbonyl (C=O) groups excluding carboxylic acids is 2. The van der Waals surface area contributed by atoms with E-state index in [0.717, 1.165) is 12.0 Å². The minimum absolute atomic E-state index is 0.0326. The van der Waals surface area contributed by atoms with Crippen molar-refractivity contribution in [3.05, 3.63) is 59.7 Å². The molecule has 1 atom stereocenters. The highest BCUT2D eigenvalue weighted by Crippen LogP contribution is 2.25. The summed E-state index contributed by atoms with van der Waals surface area (Å²) in [4.78, 5) is 27.1. The lowest BCUT2D eigenvalue weighted by molar-refractivity contribution is -0.128. The average Bonchev–Trinajstić information content (AvgIpc) is 3.15. The van der Waals surface area contributed by atoms with Crippen LogP contribution in [-0.4, -0.2) is 55.6 Å². The molecule has 1 heterocycles. The highest BCUT2D eigenvalue weighted by molar-refractivity contribution is 7.89. The molecule has 0 aromatic heterocycles. The molecule has 8 heteroatoms. The molecule has 1 saturated heterocycles. The molecule has 0 bridgehead atoms. The number of benzene rings is 2. The van der Waals surface area contributed by atoms with E-state index in [1.807, 2.05) is 30.3 Å². The van der Waals surface area contributed by atoms with Crippen molar-refractivity contribution >= 4 is 27.5 Å². The predicted molar refractivity (Wildman–Crippen MR) is 125 cm³/mol. The van der Waals surface area contributed by atoms with E-state index in [-0.39, 0.29) is 23.1 Å². The molecule has 172 valence electrons. The van der Waals surface area contributed by atoms with Crippen LogP contribution in [0.2, 0.25) is 0 Å². The van der Waals surface area contributed by atoms with Crippen molar-refractivity contribution in [3.63, 3.8) is 0 Å². The van der Waals surface area contributed by atoms with Crippen LogP contribution in [-0.2, 0) is 26.0 Å². The van der Waals surface area contributed by atoms with E-state index in [1.54, 1.807) is 37.8 Å². The number of sulfonamides is 1. The number of rotatable bonds is 9. The summed E-state index contributed by atoms with van der Waals surface area (Å²) in [6.07, 6.45) is 0.905. The van der Waals surface area contributed by atoms with Gasteiger partial charge in [-0.15, -0.1) is 0 Å². The lowest BCUT2D eigenvalue weighted by atomic mass is 10.1. The first-order valence-electron chi connectivity index (χ1n) is 11.0. The van der Waals surface area contributed by atoms with Crippen LogP contribution in [0.3, 0.4) is 0 Å². The van der Waals surface area contributed by atoms with Gasteiger partial charge in [-0.3, -0.25) is 9.59 Å². The number of amides is 2. The number of anilines is 1. The van der Waals surface area contributed by atoms with Crippen LogP contribution >= 0.6 is 0 Å². The fourth-order valence-electron chi connectivity index (χ4n) is 3.98. The van der Waals surface area contributed by atoms with Gasteiger partial charge in [-0.2, -0.15) is 4.31 Å². The Labute approximate surface area is 190 Å². The maximum Gasteiger partial charge on any atom is 0.243 e. The molecule has 1 aliphatic rings. The predicted octanol–water partition coefficient (Wildman–Crippen LogP) is 3.06. The zero-order chi connectivity index (χ0) is 23.3.